The number of hydrogen-bond acceptors (Lipinski definition) is 8. The molecule has 0 radical (unpaired) electrons. The van der Waals surface area contributed by atoms with Crippen LogP contribution in [0.4, 0.5) is 0 Å². The molecule has 1 aromatic carbocycles. The van der Waals surface area contributed by atoms with Gasteiger partial charge in [0.1, 0.15) is 18.3 Å². The normalized spacial score (nSPS) is 35.5. The first-order valence-electron chi connectivity index (χ1n) is 14.2. The summed E-state index contributed by atoms with van der Waals surface area (Å²) in [5.41, 5.74) is 1.99. The Kier molecular flexibility index (Phi) is 7.61. The molecule has 0 spiro atoms. The van der Waals surface area contributed by atoms with Crippen molar-refractivity contribution < 1.29 is 36.7 Å². The number of ether oxygens (including phenoxy) is 5. The maximum absolute atomic E-state index is 7.31. The summed E-state index contributed by atoms with van der Waals surface area (Å²) < 4.78 is 52.3. The number of rotatable bonds is 8. The molecule has 4 saturated heterocycles. The summed E-state index contributed by atoms with van der Waals surface area (Å²) in [5.74, 6) is 0.373. The fourth-order valence-electron chi connectivity index (χ4n) is 6.80. The van der Waals surface area contributed by atoms with Gasteiger partial charge in [0, 0.05) is 12.0 Å². The Balaban J connectivity index is 1.53. The summed E-state index contributed by atoms with van der Waals surface area (Å²) in [6.45, 7) is 18.3. The van der Waals surface area contributed by atoms with E-state index in [1.165, 1.54) is 0 Å². The molecular formula is C28H46O8Si2. The van der Waals surface area contributed by atoms with E-state index in [4.69, 9.17) is 36.7 Å². The van der Waals surface area contributed by atoms with Crippen LogP contribution in [0.3, 0.4) is 0 Å². The van der Waals surface area contributed by atoms with Crippen molar-refractivity contribution in [1.82, 2.24) is 0 Å². The van der Waals surface area contributed by atoms with Gasteiger partial charge >= 0.3 is 17.1 Å². The van der Waals surface area contributed by atoms with Gasteiger partial charge in [-0.3, -0.25) is 0 Å². The van der Waals surface area contributed by atoms with Gasteiger partial charge in [0.25, 0.3) is 0 Å². The summed E-state index contributed by atoms with van der Waals surface area (Å²) in [6, 6.07) is 5.84. The fraction of sp³-hybridized carbons (Fsp3) is 0.786. The van der Waals surface area contributed by atoms with Crippen LogP contribution in [0.2, 0.25) is 22.2 Å². The van der Waals surface area contributed by atoms with Crippen LogP contribution in [0.5, 0.6) is 11.5 Å². The van der Waals surface area contributed by atoms with E-state index in [1.807, 2.05) is 18.2 Å². The highest BCUT2D eigenvalue weighted by Crippen LogP contribution is 2.57. The zero-order valence-corrected chi connectivity index (χ0v) is 26.6. The second-order valence-electron chi connectivity index (χ2n) is 12.5. The predicted molar refractivity (Wildman–Crippen MR) is 148 cm³/mol. The monoisotopic (exact) mass is 566 g/mol. The molecule has 0 aliphatic carbocycles. The van der Waals surface area contributed by atoms with Crippen LogP contribution in [0, 0.1) is 0 Å². The third kappa shape index (κ3) is 4.39. The lowest BCUT2D eigenvalue weighted by atomic mass is 9.95. The van der Waals surface area contributed by atoms with Crippen molar-refractivity contribution in [2.24, 2.45) is 0 Å². The molecule has 4 heterocycles. The maximum atomic E-state index is 7.31. The lowest BCUT2D eigenvalue weighted by Crippen LogP contribution is -2.60. The Morgan fingerprint density at radius 1 is 0.763 bits per heavy atom. The third-order valence-corrected chi connectivity index (χ3v) is 19.2. The van der Waals surface area contributed by atoms with Crippen LogP contribution >= 0.6 is 0 Å². The first-order valence-corrected chi connectivity index (χ1v) is 18.1. The summed E-state index contributed by atoms with van der Waals surface area (Å²) in [7, 11) is -2.07. The highest BCUT2D eigenvalue weighted by atomic mass is 28.5. The number of hydrogen-bond donors (Lipinski definition) is 0. The van der Waals surface area contributed by atoms with Crippen molar-refractivity contribution in [3.8, 4) is 11.5 Å². The Bertz CT molecular complexity index is 1000. The van der Waals surface area contributed by atoms with Gasteiger partial charge in [-0.2, -0.15) is 0 Å². The SMILES string of the molecule is COc1ccc([C@@]23C[C@@H]4O[C@@H]4[C@@H](O2)[C@@H]([C@H]2CO[Si](C(C)C)(C(C)C)O[Si](C(C)C)(C(C)C)O2)O3)cc1OC. The molecule has 214 valence electrons. The molecule has 0 amide bonds. The second kappa shape index (κ2) is 10.1. The average molecular weight is 567 g/mol. The van der Waals surface area contributed by atoms with Crippen molar-refractivity contribution in [2.45, 2.75) is 120 Å². The van der Waals surface area contributed by atoms with Gasteiger partial charge in [0.15, 0.2) is 17.3 Å². The van der Waals surface area contributed by atoms with E-state index in [9.17, 15) is 0 Å². The third-order valence-electron chi connectivity index (χ3n) is 8.93. The molecule has 0 aromatic heterocycles. The zero-order chi connectivity index (χ0) is 27.6. The fourth-order valence-corrected chi connectivity index (χ4v) is 18.0. The molecule has 4 aliphatic heterocycles. The molecule has 5 rings (SSSR count). The highest BCUT2D eigenvalue weighted by molar-refractivity contribution is 6.84. The van der Waals surface area contributed by atoms with Crippen LogP contribution < -0.4 is 9.47 Å². The number of fused-ring (bicyclic) bond motifs is 4. The summed E-state index contributed by atoms with van der Waals surface area (Å²) >= 11 is 0. The molecule has 0 saturated carbocycles. The van der Waals surface area contributed by atoms with Crippen molar-refractivity contribution in [2.75, 3.05) is 20.8 Å². The van der Waals surface area contributed by atoms with E-state index in [-0.39, 0.29) is 41.6 Å². The Morgan fingerprint density at radius 2 is 1.37 bits per heavy atom. The average Bonchev–Trinajstić information content (AvgIpc) is 3.61. The first kappa shape index (κ1) is 28.5. The molecule has 0 N–H and O–H groups in total. The van der Waals surface area contributed by atoms with E-state index in [2.05, 4.69) is 55.4 Å². The van der Waals surface area contributed by atoms with Crippen LogP contribution in [-0.4, -0.2) is 68.5 Å². The number of methoxy groups -OCH3 is 2. The minimum Gasteiger partial charge on any atom is -0.493 e. The molecule has 38 heavy (non-hydrogen) atoms. The van der Waals surface area contributed by atoms with Crippen LogP contribution in [0.25, 0.3) is 0 Å². The second-order valence-corrected chi connectivity index (χ2v) is 21.3. The summed E-state index contributed by atoms with van der Waals surface area (Å²) in [5, 5.41) is 0. The maximum Gasteiger partial charge on any atom is 0.335 e. The van der Waals surface area contributed by atoms with Crippen molar-refractivity contribution >= 4 is 17.1 Å². The molecule has 10 heteroatoms. The van der Waals surface area contributed by atoms with Gasteiger partial charge in [0.2, 0.25) is 0 Å². The first-order chi connectivity index (χ1) is 17.9. The number of epoxide rings is 1. The molecule has 1 aromatic rings. The summed E-state index contributed by atoms with van der Waals surface area (Å²) in [6.07, 6.45) is -0.154. The Morgan fingerprint density at radius 3 is 1.95 bits per heavy atom. The van der Waals surface area contributed by atoms with Crippen LogP contribution in [-0.2, 0) is 33.0 Å². The Labute approximate surface area is 230 Å². The predicted octanol–water partition coefficient (Wildman–Crippen LogP) is 5.77. The van der Waals surface area contributed by atoms with E-state index >= 15 is 0 Å². The van der Waals surface area contributed by atoms with E-state index < -0.39 is 22.9 Å². The molecule has 6 atom stereocenters. The topological polar surface area (TPSA) is 77.1 Å². The van der Waals surface area contributed by atoms with Crippen molar-refractivity contribution in [3.63, 3.8) is 0 Å². The molecule has 8 nitrogen and oxygen atoms in total. The van der Waals surface area contributed by atoms with Crippen molar-refractivity contribution in [3.05, 3.63) is 23.8 Å². The minimum absolute atomic E-state index is 0.00917. The van der Waals surface area contributed by atoms with Gasteiger partial charge in [-0.1, -0.05) is 55.4 Å². The zero-order valence-electron chi connectivity index (χ0n) is 24.6. The van der Waals surface area contributed by atoms with E-state index in [0.29, 0.717) is 35.6 Å². The standard InChI is InChI=1S/C28H46O8Si2/c1-16(2)37(17(3)4)31-15-24(35-38(36-37,18(5)6)19(7)8)26-27-25-23(32-25)14-28(33-26,34-27)20-11-12-21(29-9)22(13-20)30-10/h11-13,16-19,23-27H,14-15H2,1-10H3/t23-,24+,25-,26+,27+,28+/m0/s1. The van der Waals surface area contributed by atoms with Gasteiger partial charge in [-0.05, 0) is 40.4 Å². The Hall–Kier alpha value is -0.986. The van der Waals surface area contributed by atoms with Gasteiger partial charge < -0.3 is 36.7 Å². The van der Waals surface area contributed by atoms with Crippen LogP contribution in [0.15, 0.2) is 18.2 Å². The molecule has 2 bridgehead atoms. The summed E-state index contributed by atoms with van der Waals surface area (Å²) in [4.78, 5) is 0. The minimum atomic E-state index is -2.74. The van der Waals surface area contributed by atoms with E-state index in [1.54, 1.807) is 14.2 Å². The molecule has 4 fully saturated rings. The largest absolute Gasteiger partial charge is 0.493 e. The van der Waals surface area contributed by atoms with Crippen LogP contribution in [0.1, 0.15) is 67.4 Å². The smallest absolute Gasteiger partial charge is 0.335 e. The number of benzene rings is 1. The van der Waals surface area contributed by atoms with Gasteiger partial charge in [0.05, 0.1) is 33.0 Å². The van der Waals surface area contributed by atoms with Gasteiger partial charge in [-0.15, -0.1) is 0 Å². The molecule has 4 aliphatic rings. The molecular weight excluding hydrogens is 520 g/mol. The van der Waals surface area contributed by atoms with Crippen molar-refractivity contribution in [1.29, 1.82) is 0 Å². The molecule has 0 unspecified atom stereocenters. The lowest BCUT2D eigenvalue weighted by molar-refractivity contribution is -0.202. The highest BCUT2D eigenvalue weighted by Gasteiger charge is 2.69. The van der Waals surface area contributed by atoms with Gasteiger partial charge in [-0.25, -0.2) is 0 Å². The lowest BCUT2D eigenvalue weighted by Gasteiger charge is -2.46. The van der Waals surface area contributed by atoms with E-state index in [0.717, 1.165) is 5.56 Å². The quantitative estimate of drug-likeness (QED) is 0.290.